The van der Waals surface area contributed by atoms with Crippen molar-refractivity contribution in [3.8, 4) is 0 Å². The molecule has 3 rings (SSSR count). The first-order chi connectivity index (χ1) is 9.22. The Morgan fingerprint density at radius 2 is 2.37 bits per heavy atom. The van der Waals surface area contributed by atoms with Crippen LogP contribution in [0.1, 0.15) is 25.3 Å². The van der Waals surface area contributed by atoms with E-state index in [2.05, 4.69) is 28.2 Å². The fraction of sp³-hybridized carbons (Fsp3) is 0.643. The summed E-state index contributed by atoms with van der Waals surface area (Å²) in [6, 6.07) is 2.86. The summed E-state index contributed by atoms with van der Waals surface area (Å²) in [7, 11) is 0. The SMILES string of the molecule is CC1CN(c2cc(CNC3CC3)c(Cl)cn2)CCS1. The van der Waals surface area contributed by atoms with Crippen molar-refractivity contribution in [2.24, 2.45) is 0 Å². The van der Waals surface area contributed by atoms with Gasteiger partial charge in [-0.05, 0) is 24.5 Å². The molecule has 2 fully saturated rings. The van der Waals surface area contributed by atoms with Crippen LogP contribution in [-0.4, -0.2) is 35.1 Å². The second-order valence-corrected chi connectivity index (χ2v) is 7.37. The average molecular weight is 298 g/mol. The number of anilines is 1. The van der Waals surface area contributed by atoms with Gasteiger partial charge in [-0.1, -0.05) is 18.5 Å². The molecule has 5 heteroatoms. The number of hydrogen-bond donors (Lipinski definition) is 1. The molecule has 1 aliphatic carbocycles. The number of rotatable bonds is 4. The van der Waals surface area contributed by atoms with Crippen LogP contribution < -0.4 is 10.2 Å². The summed E-state index contributed by atoms with van der Waals surface area (Å²) < 4.78 is 0. The molecule has 1 aromatic heterocycles. The summed E-state index contributed by atoms with van der Waals surface area (Å²) >= 11 is 8.28. The standard InChI is InChI=1S/C14H20ClN3S/c1-10-9-18(4-5-19-10)14-6-11(13(15)8-17-14)7-16-12-2-3-12/h6,8,10,12,16H,2-5,7,9H2,1H3. The van der Waals surface area contributed by atoms with E-state index in [0.29, 0.717) is 11.3 Å². The van der Waals surface area contributed by atoms with Gasteiger partial charge in [0.1, 0.15) is 5.82 Å². The quantitative estimate of drug-likeness (QED) is 0.925. The summed E-state index contributed by atoms with van der Waals surface area (Å²) in [6.07, 6.45) is 4.40. The Kier molecular flexibility index (Phi) is 4.20. The van der Waals surface area contributed by atoms with Gasteiger partial charge >= 0.3 is 0 Å². The molecule has 0 aromatic carbocycles. The second-order valence-electron chi connectivity index (χ2n) is 5.42. The van der Waals surface area contributed by atoms with Gasteiger partial charge in [0.05, 0.1) is 5.02 Å². The monoisotopic (exact) mass is 297 g/mol. The van der Waals surface area contributed by atoms with E-state index < -0.39 is 0 Å². The Labute approximate surface area is 124 Å². The van der Waals surface area contributed by atoms with Gasteiger partial charge in [0, 0.05) is 42.9 Å². The number of nitrogens with zero attached hydrogens (tertiary/aromatic N) is 2. The lowest BCUT2D eigenvalue weighted by Gasteiger charge is -2.31. The lowest BCUT2D eigenvalue weighted by Crippen LogP contribution is -2.37. The molecule has 0 spiro atoms. The Bertz CT molecular complexity index is 450. The molecular formula is C14H20ClN3S. The van der Waals surface area contributed by atoms with Gasteiger partial charge in [-0.25, -0.2) is 4.98 Å². The molecule has 0 radical (unpaired) electrons. The number of nitrogens with one attached hydrogen (secondary N) is 1. The Morgan fingerprint density at radius 3 is 3.11 bits per heavy atom. The normalized spacial score (nSPS) is 23.7. The topological polar surface area (TPSA) is 28.2 Å². The highest BCUT2D eigenvalue weighted by Gasteiger charge is 2.22. The minimum atomic E-state index is 0.680. The van der Waals surface area contributed by atoms with Crippen LogP contribution in [0.4, 0.5) is 5.82 Å². The van der Waals surface area contributed by atoms with E-state index >= 15 is 0 Å². The molecule has 0 bridgehead atoms. The van der Waals surface area contributed by atoms with E-state index in [1.165, 1.54) is 24.2 Å². The molecule has 1 unspecified atom stereocenters. The highest BCUT2D eigenvalue weighted by atomic mass is 35.5. The van der Waals surface area contributed by atoms with E-state index in [1.807, 2.05) is 11.8 Å². The molecule has 1 N–H and O–H groups in total. The van der Waals surface area contributed by atoms with Crippen LogP contribution in [0.3, 0.4) is 0 Å². The Balaban J connectivity index is 1.71. The van der Waals surface area contributed by atoms with Crippen molar-refractivity contribution in [2.75, 3.05) is 23.7 Å². The van der Waals surface area contributed by atoms with Crippen LogP contribution in [0.15, 0.2) is 12.3 Å². The molecule has 19 heavy (non-hydrogen) atoms. The first kappa shape index (κ1) is 13.5. The molecule has 2 aliphatic rings. The van der Waals surface area contributed by atoms with Gasteiger partial charge < -0.3 is 10.2 Å². The zero-order valence-electron chi connectivity index (χ0n) is 11.2. The molecule has 3 nitrogen and oxygen atoms in total. The van der Waals surface area contributed by atoms with Gasteiger partial charge in [0.15, 0.2) is 0 Å². The zero-order valence-corrected chi connectivity index (χ0v) is 12.8. The third-order valence-electron chi connectivity index (χ3n) is 3.64. The highest BCUT2D eigenvalue weighted by Crippen LogP contribution is 2.26. The van der Waals surface area contributed by atoms with Crippen molar-refractivity contribution in [1.82, 2.24) is 10.3 Å². The van der Waals surface area contributed by atoms with Gasteiger partial charge in [0.2, 0.25) is 0 Å². The van der Waals surface area contributed by atoms with E-state index in [0.717, 1.165) is 30.5 Å². The van der Waals surface area contributed by atoms with Crippen molar-refractivity contribution in [3.63, 3.8) is 0 Å². The summed E-state index contributed by atoms with van der Waals surface area (Å²) in [6.45, 7) is 5.30. The van der Waals surface area contributed by atoms with Crippen molar-refractivity contribution in [2.45, 2.75) is 37.6 Å². The third kappa shape index (κ3) is 3.56. The number of hydrogen-bond acceptors (Lipinski definition) is 4. The smallest absolute Gasteiger partial charge is 0.128 e. The number of aromatic nitrogens is 1. The molecule has 1 aliphatic heterocycles. The fourth-order valence-electron chi connectivity index (χ4n) is 2.34. The van der Waals surface area contributed by atoms with Gasteiger partial charge in [0.25, 0.3) is 0 Å². The highest BCUT2D eigenvalue weighted by molar-refractivity contribution is 8.00. The van der Waals surface area contributed by atoms with Gasteiger partial charge in [-0.15, -0.1) is 0 Å². The largest absolute Gasteiger partial charge is 0.355 e. The molecule has 1 aromatic rings. The summed E-state index contributed by atoms with van der Waals surface area (Å²) in [4.78, 5) is 6.87. The number of thioether (sulfide) groups is 1. The predicted octanol–water partition coefficient (Wildman–Crippen LogP) is 2.93. The number of halogens is 1. The van der Waals surface area contributed by atoms with Gasteiger partial charge in [-0.2, -0.15) is 11.8 Å². The average Bonchev–Trinajstić information content (AvgIpc) is 3.22. The van der Waals surface area contributed by atoms with Gasteiger partial charge in [-0.3, -0.25) is 0 Å². The van der Waals surface area contributed by atoms with Crippen LogP contribution in [0.5, 0.6) is 0 Å². The molecule has 0 amide bonds. The lowest BCUT2D eigenvalue weighted by molar-refractivity contribution is 0.686. The molecular weight excluding hydrogens is 278 g/mol. The molecule has 1 saturated heterocycles. The first-order valence-corrected chi connectivity index (χ1v) is 8.39. The fourth-order valence-corrected chi connectivity index (χ4v) is 3.53. The maximum absolute atomic E-state index is 6.24. The summed E-state index contributed by atoms with van der Waals surface area (Å²) in [5, 5.41) is 4.97. The maximum atomic E-state index is 6.24. The van der Waals surface area contributed by atoms with Crippen LogP contribution in [0.25, 0.3) is 0 Å². The van der Waals surface area contributed by atoms with Crippen molar-refractivity contribution < 1.29 is 0 Å². The van der Waals surface area contributed by atoms with Crippen LogP contribution in [-0.2, 0) is 6.54 Å². The summed E-state index contributed by atoms with van der Waals surface area (Å²) in [5.74, 6) is 2.25. The van der Waals surface area contributed by atoms with Crippen molar-refractivity contribution >= 4 is 29.2 Å². The molecule has 2 heterocycles. The summed E-state index contributed by atoms with van der Waals surface area (Å²) in [5.41, 5.74) is 1.17. The first-order valence-electron chi connectivity index (χ1n) is 6.97. The van der Waals surface area contributed by atoms with Crippen molar-refractivity contribution in [3.05, 3.63) is 22.8 Å². The van der Waals surface area contributed by atoms with Crippen LogP contribution >= 0.6 is 23.4 Å². The number of pyridine rings is 1. The van der Waals surface area contributed by atoms with Crippen molar-refractivity contribution in [1.29, 1.82) is 0 Å². The molecule has 104 valence electrons. The van der Waals surface area contributed by atoms with E-state index in [9.17, 15) is 0 Å². The second kappa shape index (κ2) is 5.90. The maximum Gasteiger partial charge on any atom is 0.128 e. The third-order valence-corrected chi connectivity index (χ3v) is 5.12. The molecule has 1 atom stereocenters. The lowest BCUT2D eigenvalue weighted by atomic mass is 10.2. The van der Waals surface area contributed by atoms with Crippen LogP contribution in [0, 0.1) is 0 Å². The van der Waals surface area contributed by atoms with E-state index in [1.54, 1.807) is 6.20 Å². The zero-order chi connectivity index (χ0) is 13.2. The Morgan fingerprint density at radius 1 is 1.53 bits per heavy atom. The minimum absolute atomic E-state index is 0.680. The van der Waals surface area contributed by atoms with E-state index in [-0.39, 0.29) is 0 Å². The minimum Gasteiger partial charge on any atom is -0.355 e. The Hall–Kier alpha value is -0.450. The molecule has 1 saturated carbocycles. The predicted molar refractivity (Wildman–Crippen MR) is 83.2 cm³/mol. The van der Waals surface area contributed by atoms with Crippen LogP contribution in [0.2, 0.25) is 5.02 Å². The van der Waals surface area contributed by atoms with E-state index in [4.69, 9.17) is 11.6 Å².